The predicted molar refractivity (Wildman–Crippen MR) is 98.0 cm³/mol. The highest BCUT2D eigenvalue weighted by Crippen LogP contribution is 2.28. The minimum absolute atomic E-state index is 0.0518. The highest BCUT2D eigenvalue weighted by Gasteiger charge is 2.24. The number of benzene rings is 2. The number of nitrogens with zero attached hydrogens (tertiary/aromatic N) is 5. The number of non-ortho nitro benzene ring substituents is 1. The number of anilines is 1. The molecule has 1 amide bonds. The number of amides is 1. The van der Waals surface area contributed by atoms with Crippen molar-refractivity contribution >= 4 is 23.0 Å². The second-order valence-electron chi connectivity index (χ2n) is 5.90. The quantitative estimate of drug-likeness (QED) is 0.509. The first-order valence-corrected chi connectivity index (χ1v) is 8.01. The average molecular weight is 382 g/mol. The van der Waals surface area contributed by atoms with E-state index in [-0.39, 0.29) is 11.1 Å². The van der Waals surface area contributed by atoms with Gasteiger partial charge in [-0.3, -0.25) is 25.0 Å². The van der Waals surface area contributed by atoms with Crippen LogP contribution in [-0.2, 0) is 6.54 Å². The molecule has 28 heavy (non-hydrogen) atoms. The fourth-order valence-electron chi connectivity index (χ4n) is 2.61. The molecule has 11 heteroatoms. The summed E-state index contributed by atoms with van der Waals surface area (Å²) in [5.74, 6) is -0.673. The molecule has 0 atom stereocenters. The normalized spacial score (nSPS) is 10.5. The first kappa shape index (κ1) is 18.6. The molecule has 0 aliphatic heterocycles. The van der Waals surface area contributed by atoms with Gasteiger partial charge in [0, 0.05) is 17.3 Å². The van der Waals surface area contributed by atoms with Crippen LogP contribution in [0.15, 0.2) is 49.1 Å². The summed E-state index contributed by atoms with van der Waals surface area (Å²) in [5.41, 5.74) is 0.281. The van der Waals surface area contributed by atoms with Gasteiger partial charge in [-0.2, -0.15) is 5.10 Å². The lowest BCUT2D eigenvalue weighted by atomic mass is 10.0. The molecule has 0 unspecified atom stereocenters. The van der Waals surface area contributed by atoms with E-state index < -0.39 is 27.1 Å². The number of nitro groups is 2. The molecule has 0 saturated carbocycles. The van der Waals surface area contributed by atoms with Crippen molar-refractivity contribution in [1.82, 2.24) is 14.8 Å². The van der Waals surface area contributed by atoms with E-state index in [1.807, 2.05) is 0 Å². The zero-order chi connectivity index (χ0) is 20.3. The summed E-state index contributed by atoms with van der Waals surface area (Å²) in [6.07, 6.45) is 3.00. The van der Waals surface area contributed by atoms with E-state index in [1.165, 1.54) is 13.3 Å². The van der Waals surface area contributed by atoms with Gasteiger partial charge in [-0.15, -0.1) is 0 Å². The Morgan fingerprint density at radius 1 is 1.14 bits per heavy atom. The number of hydrogen-bond acceptors (Lipinski definition) is 7. The second-order valence-corrected chi connectivity index (χ2v) is 5.90. The van der Waals surface area contributed by atoms with Gasteiger partial charge >= 0.3 is 0 Å². The molecule has 0 saturated heterocycles. The van der Waals surface area contributed by atoms with E-state index in [4.69, 9.17) is 0 Å². The maximum Gasteiger partial charge on any atom is 0.279 e. The largest absolute Gasteiger partial charge is 0.322 e. The molecular formula is C17H14N6O5. The maximum atomic E-state index is 12.5. The predicted octanol–water partition coefficient (Wildman–Crippen LogP) is 2.70. The van der Waals surface area contributed by atoms with Crippen LogP contribution in [0.2, 0.25) is 0 Å². The number of nitro benzene ring substituents is 2. The van der Waals surface area contributed by atoms with Crippen molar-refractivity contribution in [1.29, 1.82) is 0 Å². The van der Waals surface area contributed by atoms with Crippen molar-refractivity contribution in [3.05, 3.63) is 86.0 Å². The van der Waals surface area contributed by atoms with E-state index in [0.717, 1.165) is 17.7 Å². The highest BCUT2D eigenvalue weighted by atomic mass is 16.6. The zero-order valence-corrected chi connectivity index (χ0v) is 14.6. The molecule has 142 valence electrons. The maximum absolute atomic E-state index is 12.5. The average Bonchev–Trinajstić information content (AvgIpc) is 3.16. The SMILES string of the molecule is Cc1c(C(=O)Nc2ccc(Cn3cncn3)cc2)cc([N+](=O)[O-])cc1[N+](=O)[O-]. The van der Waals surface area contributed by atoms with Crippen molar-refractivity contribution in [3.8, 4) is 0 Å². The molecule has 1 aromatic heterocycles. The van der Waals surface area contributed by atoms with Crippen LogP contribution in [0.25, 0.3) is 0 Å². The molecule has 2 aromatic carbocycles. The Morgan fingerprint density at radius 2 is 1.86 bits per heavy atom. The third-order valence-electron chi connectivity index (χ3n) is 4.04. The van der Waals surface area contributed by atoms with E-state index in [2.05, 4.69) is 15.4 Å². The Labute approximate surface area is 157 Å². The lowest BCUT2D eigenvalue weighted by Gasteiger charge is -2.09. The van der Waals surface area contributed by atoms with Crippen LogP contribution in [0, 0.1) is 27.2 Å². The summed E-state index contributed by atoms with van der Waals surface area (Å²) in [6.45, 7) is 1.88. The van der Waals surface area contributed by atoms with Crippen LogP contribution in [0.1, 0.15) is 21.5 Å². The van der Waals surface area contributed by atoms with Crippen LogP contribution >= 0.6 is 0 Å². The molecule has 1 N–H and O–H groups in total. The van der Waals surface area contributed by atoms with E-state index in [0.29, 0.717) is 12.2 Å². The number of hydrogen-bond donors (Lipinski definition) is 1. The Morgan fingerprint density at radius 3 is 2.43 bits per heavy atom. The highest BCUT2D eigenvalue weighted by molar-refractivity contribution is 6.06. The molecule has 3 aromatic rings. The number of carbonyl (C=O) groups is 1. The standard InChI is InChI=1S/C17H14N6O5/c1-11-15(6-14(22(25)26)7-16(11)23(27)28)17(24)20-13-4-2-12(3-5-13)8-21-10-18-9-19-21/h2-7,9-10H,8H2,1H3,(H,20,24). The van der Waals surface area contributed by atoms with Crippen molar-refractivity contribution in [2.24, 2.45) is 0 Å². The zero-order valence-electron chi connectivity index (χ0n) is 14.6. The Hall–Kier alpha value is -4.15. The summed E-state index contributed by atoms with van der Waals surface area (Å²) >= 11 is 0. The number of nitrogens with one attached hydrogen (secondary N) is 1. The first-order valence-electron chi connectivity index (χ1n) is 8.01. The van der Waals surface area contributed by atoms with Crippen LogP contribution in [0.5, 0.6) is 0 Å². The van der Waals surface area contributed by atoms with Gasteiger partial charge in [0.2, 0.25) is 0 Å². The lowest BCUT2D eigenvalue weighted by Crippen LogP contribution is -2.15. The monoisotopic (exact) mass is 382 g/mol. The lowest BCUT2D eigenvalue weighted by molar-refractivity contribution is -0.394. The van der Waals surface area contributed by atoms with Crippen LogP contribution in [0.4, 0.5) is 17.1 Å². The van der Waals surface area contributed by atoms with Gasteiger partial charge in [-0.25, -0.2) is 9.67 Å². The van der Waals surface area contributed by atoms with Gasteiger partial charge in [0.25, 0.3) is 17.3 Å². The smallest absolute Gasteiger partial charge is 0.279 e. The summed E-state index contributed by atoms with van der Waals surface area (Å²) in [6, 6.07) is 8.73. The molecule has 0 aliphatic carbocycles. The van der Waals surface area contributed by atoms with Gasteiger partial charge in [-0.05, 0) is 24.6 Å². The Bertz CT molecular complexity index is 1050. The topological polar surface area (TPSA) is 146 Å². The van der Waals surface area contributed by atoms with Crippen molar-refractivity contribution in [2.75, 3.05) is 5.32 Å². The number of carbonyl (C=O) groups excluding carboxylic acids is 1. The van der Waals surface area contributed by atoms with Gasteiger partial charge in [-0.1, -0.05) is 12.1 Å². The molecule has 0 spiro atoms. The third kappa shape index (κ3) is 3.98. The summed E-state index contributed by atoms with van der Waals surface area (Å²) in [5, 5.41) is 28.8. The second kappa shape index (κ2) is 7.61. The first-order chi connectivity index (χ1) is 13.3. The van der Waals surface area contributed by atoms with Crippen molar-refractivity contribution in [2.45, 2.75) is 13.5 Å². The summed E-state index contributed by atoms with van der Waals surface area (Å²) in [7, 11) is 0. The third-order valence-corrected chi connectivity index (χ3v) is 4.04. The van der Waals surface area contributed by atoms with Crippen LogP contribution < -0.4 is 5.32 Å². The molecule has 0 aliphatic rings. The molecule has 0 bridgehead atoms. The summed E-state index contributed by atoms with van der Waals surface area (Å²) in [4.78, 5) is 37.0. The minimum atomic E-state index is -0.776. The Balaban J connectivity index is 1.82. The Kier molecular flexibility index (Phi) is 5.07. The molecule has 11 nitrogen and oxygen atoms in total. The van der Waals surface area contributed by atoms with Crippen molar-refractivity contribution < 1.29 is 14.6 Å². The molecule has 0 fully saturated rings. The van der Waals surface area contributed by atoms with Crippen LogP contribution in [-0.4, -0.2) is 30.5 Å². The van der Waals surface area contributed by atoms with Crippen molar-refractivity contribution in [3.63, 3.8) is 0 Å². The molecule has 0 radical (unpaired) electrons. The fourth-order valence-corrected chi connectivity index (χ4v) is 2.61. The molecule has 3 rings (SSSR count). The van der Waals surface area contributed by atoms with E-state index in [9.17, 15) is 25.0 Å². The van der Waals surface area contributed by atoms with Gasteiger partial charge < -0.3 is 5.32 Å². The van der Waals surface area contributed by atoms with Gasteiger partial charge in [0.1, 0.15) is 12.7 Å². The minimum Gasteiger partial charge on any atom is -0.322 e. The van der Waals surface area contributed by atoms with Gasteiger partial charge in [0.05, 0.1) is 28.0 Å². The fraction of sp³-hybridized carbons (Fsp3) is 0.118. The summed E-state index contributed by atoms with van der Waals surface area (Å²) < 4.78 is 1.64. The van der Waals surface area contributed by atoms with E-state index >= 15 is 0 Å². The van der Waals surface area contributed by atoms with Gasteiger partial charge in [0.15, 0.2) is 0 Å². The van der Waals surface area contributed by atoms with Crippen LogP contribution in [0.3, 0.4) is 0 Å². The molecular weight excluding hydrogens is 368 g/mol. The van der Waals surface area contributed by atoms with E-state index in [1.54, 1.807) is 35.3 Å². The number of aromatic nitrogens is 3. The molecule has 1 heterocycles. The number of rotatable bonds is 6.